The van der Waals surface area contributed by atoms with Gasteiger partial charge in [-0.2, -0.15) is 9.61 Å². The molecule has 12 heteroatoms. The maximum Gasteiger partial charge on any atom is 0.337 e. The number of aryl methyl sites for hydroxylation is 1. The summed E-state index contributed by atoms with van der Waals surface area (Å²) in [6.07, 6.45) is 3.39. The summed E-state index contributed by atoms with van der Waals surface area (Å²) in [5.74, 6) is -0.196. The van der Waals surface area contributed by atoms with Crippen LogP contribution in [-0.4, -0.2) is 87.1 Å². The van der Waals surface area contributed by atoms with Gasteiger partial charge in [-0.3, -0.25) is 4.79 Å². The summed E-state index contributed by atoms with van der Waals surface area (Å²) >= 11 is 0. The van der Waals surface area contributed by atoms with Crippen molar-refractivity contribution in [2.75, 3.05) is 38.2 Å². The van der Waals surface area contributed by atoms with Gasteiger partial charge >= 0.3 is 5.97 Å². The number of rotatable bonds is 7. The lowest BCUT2D eigenvalue weighted by Crippen LogP contribution is -2.46. The number of nitrogens with zero attached hydrogens (tertiary/aromatic N) is 5. The third-order valence-electron chi connectivity index (χ3n) is 11.4. The first-order valence-electron chi connectivity index (χ1n) is 20.7. The van der Waals surface area contributed by atoms with Crippen molar-refractivity contribution in [3.63, 3.8) is 0 Å². The molecule has 3 aliphatic rings. The second-order valence-corrected chi connectivity index (χ2v) is 17.3. The Labute approximate surface area is 346 Å². The molecule has 0 spiro atoms. The van der Waals surface area contributed by atoms with E-state index in [4.69, 9.17) is 24.3 Å². The molecule has 2 aromatic heterocycles. The van der Waals surface area contributed by atoms with Crippen LogP contribution in [0.15, 0.2) is 72.8 Å². The van der Waals surface area contributed by atoms with E-state index < -0.39 is 17.7 Å². The van der Waals surface area contributed by atoms with Crippen molar-refractivity contribution in [3.8, 4) is 28.1 Å². The van der Waals surface area contributed by atoms with Crippen LogP contribution < -0.4 is 9.64 Å². The number of ether oxygens (including phenoxy) is 3. The number of carboxylic acid groups (broad SMARTS) is 1. The lowest BCUT2D eigenvalue weighted by atomic mass is 9.92. The molecule has 2 atom stereocenters. The Bertz CT molecular complexity index is 2310. The number of anilines is 1. The first-order valence-corrected chi connectivity index (χ1v) is 20.7. The van der Waals surface area contributed by atoms with Crippen LogP contribution in [0.1, 0.15) is 100 Å². The van der Waals surface area contributed by atoms with Crippen molar-refractivity contribution in [1.29, 1.82) is 0 Å². The van der Waals surface area contributed by atoms with Crippen LogP contribution >= 0.6 is 0 Å². The topological polar surface area (TPSA) is 119 Å². The molecule has 8 rings (SSSR count). The molecule has 1 saturated heterocycles. The second kappa shape index (κ2) is 17.1. The number of halogens is 1. The summed E-state index contributed by atoms with van der Waals surface area (Å²) in [6.45, 7) is 14.0. The minimum Gasteiger partial charge on any atom is -0.490 e. The highest BCUT2D eigenvalue weighted by Gasteiger charge is 2.38. The van der Waals surface area contributed by atoms with Crippen LogP contribution in [-0.2, 0) is 20.7 Å². The third-order valence-corrected chi connectivity index (χ3v) is 11.4. The summed E-state index contributed by atoms with van der Waals surface area (Å²) in [4.78, 5) is 35.6. The zero-order valence-corrected chi connectivity index (χ0v) is 35.3. The first kappa shape index (κ1) is 41.8. The van der Waals surface area contributed by atoms with Crippen molar-refractivity contribution in [3.05, 3.63) is 101 Å². The predicted octanol–water partition coefficient (Wildman–Crippen LogP) is 9.09. The monoisotopic (exact) mass is 805 g/mol. The number of aliphatic carboxylic acids is 1. The van der Waals surface area contributed by atoms with Gasteiger partial charge in [0.2, 0.25) is 0 Å². The predicted molar refractivity (Wildman–Crippen MR) is 227 cm³/mol. The van der Waals surface area contributed by atoms with E-state index in [1.165, 1.54) is 12.1 Å². The molecule has 5 aromatic rings. The summed E-state index contributed by atoms with van der Waals surface area (Å²) in [7, 11) is 1.77. The highest BCUT2D eigenvalue weighted by Crippen LogP contribution is 2.40. The van der Waals surface area contributed by atoms with Gasteiger partial charge in [-0.1, -0.05) is 30.3 Å². The fourth-order valence-electron chi connectivity index (χ4n) is 8.02. The van der Waals surface area contributed by atoms with Crippen LogP contribution in [0.4, 0.5) is 10.2 Å². The molecule has 1 N–H and O–H groups in total. The molecular formula is C47H56FN5O6. The lowest BCUT2D eigenvalue weighted by molar-refractivity contribution is -0.160. The van der Waals surface area contributed by atoms with Crippen molar-refractivity contribution < 1.29 is 33.3 Å². The maximum atomic E-state index is 13.9. The van der Waals surface area contributed by atoms with Gasteiger partial charge < -0.3 is 29.1 Å². The average Bonchev–Trinajstić information content (AvgIpc) is 3.62. The van der Waals surface area contributed by atoms with E-state index in [1.807, 2.05) is 76.2 Å². The zero-order chi connectivity index (χ0) is 42.1. The second-order valence-electron chi connectivity index (χ2n) is 17.3. The van der Waals surface area contributed by atoms with Crippen LogP contribution in [0.5, 0.6) is 5.75 Å². The van der Waals surface area contributed by atoms with E-state index in [9.17, 15) is 19.1 Å². The number of benzene rings is 3. The summed E-state index contributed by atoms with van der Waals surface area (Å²) in [5.41, 5.74) is 5.13. The number of hydrogen-bond donors (Lipinski definition) is 1. The molecule has 0 saturated carbocycles. The zero-order valence-electron chi connectivity index (χ0n) is 35.3. The van der Waals surface area contributed by atoms with Gasteiger partial charge in [-0.15, -0.1) is 0 Å². The largest absolute Gasteiger partial charge is 0.490 e. The molecule has 2 unspecified atom stereocenters. The van der Waals surface area contributed by atoms with Crippen molar-refractivity contribution in [1.82, 2.24) is 19.5 Å². The SMILES string of the molecule is Cc1nc2cc3nn2c(c1C(OC(C)(C)C)C(=O)O)N1CCC(C)(CC1)OCCCCC(C)Oc1ccc(C(=O)N(C)CCc2ccc(F)cc2)cc1-c1cccc-3c1. The molecule has 0 radical (unpaired) electrons. The lowest BCUT2D eigenvalue weighted by Gasteiger charge is -2.41. The smallest absolute Gasteiger partial charge is 0.337 e. The van der Waals surface area contributed by atoms with Crippen LogP contribution in [0.3, 0.4) is 0 Å². The molecule has 312 valence electrons. The number of piperidine rings is 1. The Morgan fingerprint density at radius 3 is 2.47 bits per heavy atom. The minimum atomic E-state index is -1.27. The fraction of sp³-hybridized carbons (Fsp3) is 0.447. The molecule has 5 heterocycles. The first-order chi connectivity index (χ1) is 28.1. The van der Waals surface area contributed by atoms with E-state index in [2.05, 4.69) is 18.7 Å². The number of fused-ring (bicyclic) bond motifs is 8. The van der Waals surface area contributed by atoms with Gasteiger partial charge in [-0.25, -0.2) is 14.2 Å². The van der Waals surface area contributed by atoms with Crippen LogP contribution in [0.2, 0.25) is 0 Å². The summed E-state index contributed by atoms with van der Waals surface area (Å²) in [5, 5.41) is 15.7. The molecule has 6 bridgehead atoms. The Morgan fingerprint density at radius 1 is 1.03 bits per heavy atom. The van der Waals surface area contributed by atoms with Gasteiger partial charge in [0, 0.05) is 61.7 Å². The van der Waals surface area contributed by atoms with E-state index >= 15 is 0 Å². The van der Waals surface area contributed by atoms with Gasteiger partial charge in [-0.05, 0) is 128 Å². The highest BCUT2D eigenvalue weighted by molar-refractivity contribution is 5.96. The molecule has 1 fully saturated rings. The summed E-state index contributed by atoms with van der Waals surface area (Å²) < 4.78 is 34.7. The Balaban J connectivity index is 1.32. The standard InChI is InChI=1S/C47H56FN5O6/c1-30-11-8-9-26-57-47(6)21-24-52(25-22-47)43-41(42(45(55)56)59-46(3,4)5)31(2)49-40-29-38(50-53(40)43)34-13-10-12-33(27-34)37-28-35(16-19-39(37)58-30)44(54)51(7)23-20-32-14-17-36(48)18-15-32/h10,12-19,27-30,42H,8-9,11,20-26H2,1-7H3,(H,55,56). The number of carboxylic acids is 1. The molecule has 59 heavy (non-hydrogen) atoms. The third kappa shape index (κ3) is 9.60. The molecule has 0 aliphatic carbocycles. The Hall–Kier alpha value is -5.33. The maximum absolute atomic E-state index is 13.9. The highest BCUT2D eigenvalue weighted by atomic mass is 19.1. The number of likely N-dealkylation sites (N-methyl/N-ethyl adjacent to an activating group) is 1. The number of carbonyl (C=O) groups excluding carboxylic acids is 1. The van der Waals surface area contributed by atoms with E-state index in [1.54, 1.807) is 28.6 Å². The number of carbonyl (C=O) groups is 2. The quantitative estimate of drug-likeness (QED) is 0.172. The number of aromatic nitrogens is 3. The Morgan fingerprint density at radius 2 is 1.76 bits per heavy atom. The van der Waals surface area contributed by atoms with Crippen molar-refractivity contribution >= 4 is 23.3 Å². The number of amides is 1. The molecule has 3 aliphatic heterocycles. The van der Waals surface area contributed by atoms with Crippen LogP contribution in [0, 0.1) is 12.7 Å². The molecule has 1 amide bonds. The minimum absolute atomic E-state index is 0.0847. The van der Waals surface area contributed by atoms with Crippen molar-refractivity contribution in [2.45, 2.75) is 103 Å². The van der Waals surface area contributed by atoms with E-state index in [-0.39, 0.29) is 23.4 Å². The van der Waals surface area contributed by atoms with Gasteiger partial charge in [0.1, 0.15) is 17.4 Å². The van der Waals surface area contributed by atoms with E-state index in [0.29, 0.717) is 72.4 Å². The molecular weight excluding hydrogens is 750 g/mol. The van der Waals surface area contributed by atoms with Crippen LogP contribution in [0.25, 0.3) is 28.0 Å². The normalized spacial score (nSPS) is 19.3. The average molecular weight is 806 g/mol. The number of hydrogen-bond acceptors (Lipinski definition) is 8. The Kier molecular flexibility index (Phi) is 12.1. The fourth-order valence-corrected chi connectivity index (χ4v) is 8.02. The van der Waals surface area contributed by atoms with Crippen molar-refractivity contribution in [2.24, 2.45) is 0 Å². The van der Waals surface area contributed by atoms with Gasteiger partial charge in [0.15, 0.2) is 11.8 Å². The molecule has 11 nitrogen and oxygen atoms in total. The molecule has 3 aromatic carbocycles. The van der Waals surface area contributed by atoms with E-state index in [0.717, 1.165) is 54.4 Å². The summed E-state index contributed by atoms with van der Waals surface area (Å²) in [6, 6.07) is 21.8. The van der Waals surface area contributed by atoms with Gasteiger partial charge in [0.25, 0.3) is 5.91 Å². The van der Waals surface area contributed by atoms with Gasteiger partial charge in [0.05, 0.1) is 28.6 Å².